The third kappa shape index (κ3) is 2.07. The first kappa shape index (κ1) is 11.0. The van der Waals surface area contributed by atoms with E-state index in [0.29, 0.717) is 0 Å². The normalized spacial score (nSPS) is 12.9. The molecule has 14 heavy (non-hydrogen) atoms. The lowest BCUT2D eigenvalue weighted by molar-refractivity contribution is 0.312. The number of nitrogens with two attached hydrogens (primary N) is 1. The summed E-state index contributed by atoms with van der Waals surface area (Å²) in [5.74, 6) is -2.09. The van der Waals surface area contributed by atoms with Gasteiger partial charge in [0.1, 0.15) is 6.17 Å². The second-order valence-corrected chi connectivity index (χ2v) is 3.14. The lowest BCUT2D eigenvalue weighted by Gasteiger charge is -2.09. The molecule has 0 aliphatic carbocycles. The standard InChI is InChI=1S/C10H12F3N/c1-6-2-3-7(8(11)4-5-14)10(13)9(6)12/h2-3,8H,4-5,14H2,1H3. The minimum Gasteiger partial charge on any atom is -0.330 e. The Balaban J connectivity index is 3.04. The van der Waals surface area contributed by atoms with Gasteiger partial charge in [0.15, 0.2) is 11.6 Å². The smallest absolute Gasteiger partial charge is 0.165 e. The topological polar surface area (TPSA) is 26.0 Å². The zero-order valence-corrected chi connectivity index (χ0v) is 7.86. The largest absolute Gasteiger partial charge is 0.330 e. The molecule has 0 amide bonds. The van der Waals surface area contributed by atoms with Crippen molar-refractivity contribution < 1.29 is 13.2 Å². The summed E-state index contributed by atoms with van der Waals surface area (Å²) in [6, 6.07) is 2.62. The number of rotatable bonds is 3. The number of hydrogen-bond acceptors (Lipinski definition) is 1. The molecule has 0 saturated carbocycles. The summed E-state index contributed by atoms with van der Waals surface area (Å²) >= 11 is 0. The van der Waals surface area contributed by atoms with Crippen LogP contribution < -0.4 is 5.73 Å². The van der Waals surface area contributed by atoms with Crippen molar-refractivity contribution in [1.29, 1.82) is 0 Å². The fraction of sp³-hybridized carbons (Fsp3) is 0.400. The van der Waals surface area contributed by atoms with Gasteiger partial charge < -0.3 is 5.73 Å². The number of aryl methyl sites for hydroxylation is 1. The van der Waals surface area contributed by atoms with Crippen molar-refractivity contribution in [3.05, 3.63) is 34.9 Å². The van der Waals surface area contributed by atoms with E-state index >= 15 is 0 Å². The van der Waals surface area contributed by atoms with Gasteiger partial charge in [-0.25, -0.2) is 13.2 Å². The van der Waals surface area contributed by atoms with Gasteiger partial charge in [0.25, 0.3) is 0 Å². The highest BCUT2D eigenvalue weighted by Crippen LogP contribution is 2.26. The Morgan fingerprint density at radius 1 is 1.29 bits per heavy atom. The van der Waals surface area contributed by atoms with Crippen LogP contribution in [0.5, 0.6) is 0 Å². The maximum Gasteiger partial charge on any atom is 0.165 e. The molecule has 1 aromatic carbocycles. The Morgan fingerprint density at radius 2 is 1.93 bits per heavy atom. The number of alkyl halides is 1. The summed E-state index contributed by atoms with van der Waals surface area (Å²) in [5.41, 5.74) is 5.05. The predicted octanol–water partition coefficient (Wildman–Crippen LogP) is 2.63. The summed E-state index contributed by atoms with van der Waals surface area (Å²) < 4.78 is 39.4. The number of hydrogen-bond donors (Lipinski definition) is 1. The number of benzene rings is 1. The first-order valence-electron chi connectivity index (χ1n) is 4.36. The maximum absolute atomic E-state index is 13.2. The van der Waals surface area contributed by atoms with Crippen molar-refractivity contribution in [1.82, 2.24) is 0 Å². The lowest BCUT2D eigenvalue weighted by atomic mass is 10.0. The van der Waals surface area contributed by atoms with E-state index in [9.17, 15) is 13.2 Å². The van der Waals surface area contributed by atoms with Crippen LogP contribution in [0.2, 0.25) is 0 Å². The zero-order chi connectivity index (χ0) is 10.7. The fourth-order valence-electron chi connectivity index (χ4n) is 1.20. The second kappa shape index (κ2) is 4.46. The third-order valence-corrected chi connectivity index (χ3v) is 2.06. The van der Waals surface area contributed by atoms with Gasteiger partial charge in [0, 0.05) is 5.56 Å². The molecule has 2 N–H and O–H groups in total. The molecule has 1 rings (SSSR count). The molecule has 0 aliphatic heterocycles. The molecule has 0 fully saturated rings. The SMILES string of the molecule is Cc1ccc(C(F)CCN)c(F)c1F. The van der Waals surface area contributed by atoms with Crippen molar-refractivity contribution in [2.24, 2.45) is 5.73 Å². The third-order valence-electron chi connectivity index (χ3n) is 2.06. The average Bonchev–Trinajstić information content (AvgIpc) is 2.15. The molecular formula is C10H12F3N. The molecule has 78 valence electrons. The van der Waals surface area contributed by atoms with Gasteiger partial charge in [0.2, 0.25) is 0 Å². The molecule has 1 nitrogen and oxygen atoms in total. The van der Waals surface area contributed by atoms with Gasteiger partial charge in [-0.2, -0.15) is 0 Å². The van der Waals surface area contributed by atoms with E-state index in [1.54, 1.807) is 0 Å². The van der Waals surface area contributed by atoms with Crippen molar-refractivity contribution in [2.45, 2.75) is 19.5 Å². The molecule has 1 atom stereocenters. The van der Waals surface area contributed by atoms with Crippen LogP contribution in [0, 0.1) is 18.6 Å². The van der Waals surface area contributed by atoms with Crippen LogP contribution in [0.15, 0.2) is 12.1 Å². The van der Waals surface area contributed by atoms with E-state index in [2.05, 4.69) is 0 Å². The Kier molecular flexibility index (Phi) is 3.52. The van der Waals surface area contributed by atoms with Crippen LogP contribution >= 0.6 is 0 Å². The predicted molar refractivity (Wildman–Crippen MR) is 48.6 cm³/mol. The average molecular weight is 203 g/mol. The monoisotopic (exact) mass is 203 g/mol. The second-order valence-electron chi connectivity index (χ2n) is 3.14. The minimum atomic E-state index is -1.53. The molecule has 0 aliphatic rings. The molecule has 1 unspecified atom stereocenters. The van der Waals surface area contributed by atoms with Crippen LogP contribution in [0.1, 0.15) is 23.7 Å². The molecule has 0 spiro atoms. The van der Waals surface area contributed by atoms with Crippen LogP contribution in [0.25, 0.3) is 0 Å². The lowest BCUT2D eigenvalue weighted by Crippen LogP contribution is -2.06. The highest BCUT2D eigenvalue weighted by atomic mass is 19.2. The fourth-order valence-corrected chi connectivity index (χ4v) is 1.20. The molecule has 0 saturated heterocycles. The van der Waals surface area contributed by atoms with E-state index < -0.39 is 17.8 Å². The van der Waals surface area contributed by atoms with Gasteiger partial charge in [0.05, 0.1) is 0 Å². The summed E-state index contributed by atoms with van der Waals surface area (Å²) in [6.07, 6.45) is -1.53. The summed E-state index contributed by atoms with van der Waals surface area (Å²) in [7, 11) is 0. The first-order valence-corrected chi connectivity index (χ1v) is 4.36. The zero-order valence-electron chi connectivity index (χ0n) is 7.86. The molecular weight excluding hydrogens is 191 g/mol. The Hall–Kier alpha value is -1.03. The van der Waals surface area contributed by atoms with Crippen LogP contribution in [-0.4, -0.2) is 6.54 Å². The van der Waals surface area contributed by atoms with E-state index in [-0.39, 0.29) is 24.1 Å². The highest BCUT2D eigenvalue weighted by molar-refractivity contribution is 5.27. The van der Waals surface area contributed by atoms with E-state index in [0.717, 1.165) is 0 Å². The summed E-state index contributed by atoms with van der Waals surface area (Å²) in [4.78, 5) is 0. The summed E-state index contributed by atoms with van der Waals surface area (Å²) in [6.45, 7) is 1.54. The Bertz CT molecular complexity index is 325. The van der Waals surface area contributed by atoms with Crippen LogP contribution in [-0.2, 0) is 0 Å². The first-order chi connectivity index (χ1) is 6.57. The van der Waals surface area contributed by atoms with Gasteiger partial charge >= 0.3 is 0 Å². The van der Waals surface area contributed by atoms with Gasteiger partial charge in [-0.3, -0.25) is 0 Å². The number of halogens is 3. The van der Waals surface area contributed by atoms with Gasteiger partial charge in [-0.05, 0) is 25.5 Å². The van der Waals surface area contributed by atoms with Crippen molar-refractivity contribution in [2.75, 3.05) is 6.54 Å². The molecule has 1 aromatic rings. The van der Waals surface area contributed by atoms with Crippen LogP contribution in [0.3, 0.4) is 0 Å². The molecule has 0 radical (unpaired) electrons. The molecule has 0 heterocycles. The maximum atomic E-state index is 13.2. The quantitative estimate of drug-likeness (QED) is 0.802. The highest BCUT2D eigenvalue weighted by Gasteiger charge is 2.18. The van der Waals surface area contributed by atoms with E-state index in [1.165, 1.54) is 19.1 Å². The molecule has 0 aromatic heterocycles. The van der Waals surface area contributed by atoms with E-state index in [1.807, 2.05) is 0 Å². The summed E-state index contributed by atoms with van der Waals surface area (Å²) in [5, 5.41) is 0. The van der Waals surface area contributed by atoms with E-state index in [4.69, 9.17) is 5.73 Å². The van der Waals surface area contributed by atoms with Crippen molar-refractivity contribution >= 4 is 0 Å². The van der Waals surface area contributed by atoms with Crippen LogP contribution in [0.4, 0.5) is 13.2 Å². The van der Waals surface area contributed by atoms with Crippen molar-refractivity contribution in [3.8, 4) is 0 Å². The Labute approximate surface area is 80.7 Å². The molecule has 4 heteroatoms. The van der Waals surface area contributed by atoms with Crippen molar-refractivity contribution in [3.63, 3.8) is 0 Å². The minimum absolute atomic E-state index is 0.000574. The molecule has 0 bridgehead atoms. The van der Waals surface area contributed by atoms with Gasteiger partial charge in [-0.1, -0.05) is 12.1 Å². The van der Waals surface area contributed by atoms with Gasteiger partial charge in [-0.15, -0.1) is 0 Å². The Morgan fingerprint density at radius 3 is 2.50 bits per heavy atom.